The van der Waals surface area contributed by atoms with Gasteiger partial charge < -0.3 is 25.2 Å². The first-order valence-electron chi connectivity index (χ1n) is 10.1. The molecule has 158 valence electrons. The molecular weight excluding hydrogens is 372 g/mol. The molecule has 2 heterocycles. The number of rotatable bonds is 3. The highest BCUT2D eigenvalue weighted by Gasteiger charge is 2.32. The average Bonchev–Trinajstić information content (AvgIpc) is 2.95. The van der Waals surface area contributed by atoms with E-state index in [1.165, 1.54) is 14.0 Å². The van der Waals surface area contributed by atoms with Gasteiger partial charge in [0, 0.05) is 57.9 Å². The van der Waals surface area contributed by atoms with E-state index in [4.69, 9.17) is 10.5 Å². The number of ether oxygens (including phenoxy) is 1. The molecule has 0 radical (unpaired) electrons. The minimum Gasteiger partial charge on any atom is -0.465 e. The summed E-state index contributed by atoms with van der Waals surface area (Å²) in [6.07, 6.45) is 1.48. The third-order valence-corrected chi connectivity index (χ3v) is 5.82. The van der Waals surface area contributed by atoms with Crippen LogP contribution in [0.15, 0.2) is 24.3 Å². The number of nitrogens with two attached hydrogens (primary N) is 1. The fraction of sp³-hybridized carbons (Fsp3) is 0.571. The lowest BCUT2D eigenvalue weighted by Gasteiger charge is -2.38. The van der Waals surface area contributed by atoms with Crippen molar-refractivity contribution in [3.05, 3.63) is 29.8 Å². The number of hydrogen-bond donors (Lipinski definition) is 1. The zero-order valence-electron chi connectivity index (χ0n) is 17.2. The third kappa shape index (κ3) is 5.06. The number of methoxy groups -OCH3 is 1. The van der Waals surface area contributed by atoms with Gasteiger partial charge in [-0.25, -0.2) is 4.79 Å². The fourth-order valence-electron chi connectivity index (χ4n) is 4.05. The lowest BCUT2D eigenvalue weighted by Crippen LogP contribution is -2.51. The second-order valence-corrected chi connectivity index (χ2v) is 7.81. The van der Waals surface area contributed by atoms with E-state index in [0.717, 1.165) is 31.6 Å². The number of esters is 1. The Morgan fingerprint density at radius 3 is 2.21 bits per heavy atom. The summed E-state index contributed by atoms with van der Waals surface area (Å²) >= 11 is 0. The highest BCUT2D eigenvalue weighted by atomic mass is 16.5. The van der Waals surface area contributed by atoms with Crippen LogP contribution in [0, 0.1) is 5.92 Å². The van der Waals surface area contributed by atoms with Crippen LogP contribution in [0.3, 0.4) is 0 Å². The molecule has 8 heteroatoms. The lowest BCUT2D eigenvalue weighted by atomic mass is 10.00. The number of piperazine rings is 1. The Bertz CT molecular complexity index is 744. The smallest absolute Gasteiger partial charge is 0.337 e. The van der Waals surface area contributed by atoms with Crippen LogP contribution in [0.4, 0.5) is 5.69 Å². The normalized spacial score (nSPS) is 22.8. The van der Waals surface area contributed by atoms with E-state index >= 15 is 0 Å². The number of carbonyl (C=O) groups excluding carboxylic acids is 3. The topological polar surface area (TPSA) is 96.2 Å². The average molecular weight is 402 g/mol. The predicted octanol–water partition coefficient (Wildman–Crippen LogP) is 0.708. The second kappa shape index (κ2) is 9.26. The van der Waals surface area contributed by atoms with Crippen molar-refractivity contribution in [2.45, 2.75) is 25.8 Å². The van der Waals surface area contributed by atoms with E-state index in [2.05, 4.69) is 4.90 Å². The summed E-state index contributed by atoms with van der Waals surface area (Å²) in [6.45, 7) is 5.24. The largest absolute Gasteiger partial charge is 0.465 e. The molecule has 2 N–H and O–H groups in total. The molecule has 2 saturated heterocycles. The maximum atomic E-state index is 13.1. The fourth-order valence-corrected chi connectivity index (χ4v) is 4.05. The third-order valence-electron chi connectivity index (χ3n) is 5.82. The standard InChI is InChI=1S/C21H30N4O4/c1-15(26)25-13-17(3-6-18(22)14-25)20(27)24-11-9-23(10-12-24)19-7-4-16(5-8-19)21(28)29-2/h4-5,7-8,17-18H,3,6,9-14,22H2,1-2H3/t17-,18+/m1/s1. The molecule has 29 heavy (non-hydrogen) atoms. The Hall–Kier alpha value is -2.61. The monoisotopic (exact) mass is 402 g/mol. The van der Waals surface area contributed by atoms with Crippen LogP contribution >= 0.6 is 0 Å². The Kier molecular flexibility index (Phi) is 6.74. The van der Waals surface area contributed by atoms with Crippen LogP contribution in [0.25, 0.3) is 0 Å². The minimum absolute atomic E-state index is 0.0274. The first kappa shape index (κ1) is 21.1. The number of carbonyl (C=O) groups is 3. The van der Waals surface area contributed by atoms with Gasteiger partial charge >= 0.3 is 5.97 Å². The molecule has 2 fully saturated rings. The van der Waals surface area contributed by atoms with Crippen molar-refractivity contribution in [2.24, 2.45) is 11.7 Å². The van der Waals surface area contributed by atoms with E-state index in [-0.39, 0.29) is 29.7 Å². The molecule has 1 aromatic carbocycles. The predicted molar refractivity (Wildman–Crippen MR) is 110 cm³/mol. The van der Waals surface area contributed by atoms with Gasteiger partial charge in [0.15, 0.2) is 0 Å². The summed E-state index contributed by atoms with van der Waals surface area (Å²) in [5.41, 5.74) is 7.61. The van der Waals surface area contributed by atoms with Crippen molar-refractivity contribution < 1.29 is 19.1 Å². The van der Waals surface area contributed by atoms with Crippen LogP contribution in [-0.2, 0) is 14.3 Å². The summed E-state index contributed by atoms with van der Waals surface area (Å²) in [5.74, 6) is -0.445. The number of nitrogens with zero attached hydrogens (tertiary/aromatic N) is 3. The van der Waals surface area contributed by atoms with E-state index in [0.29, 0.717) is 31.7 Å². The van der Waals surface area contributed by atoms with Crippen molar-refractivity contribution in [3.63, 3.8) is 0 Å². The Balaban J connectivity index is 1.57. The highest BCUT2D eigenvalue weighted by molar-refractivity contribution is 5.89. The van der Waals surface area contributed by atoms with Crippen LogP contribution in [0.5, 0.6) is 0 Å². The number of anilines is 1. The van der Waals surface area contributed by atoms with Gasteiger partial charge in [-0.2, -0.15) is 0 Å². The number of amides is 2. The molecule has 2 aliphatic heterocycles. The van der Waals surface area contributed by atoms with Gasteiger partial charge in [-0.3, -0.25) is 9.59 Å². The zero-order chi connectivity index (χ0) is 21.0. The zero-order valence-corrected chi connectivity index (χ0v) is 17.2. The number of likely N-dealkylation sites (tertiary alicyclic amines) is 1. The Labute approximate surface area is 171 Å². The van der Waals surface area contributed by atoms with Gasteiger partial charge in [-0.15, -0.1) is 0 Å². The molecule has 0 aromatic heterocycles. The van der Waals surface area contributed by atoms with Crippen LogP contribution in [-0.4, -0.2) is 80.0 Å². The molecule has 0 saturated carbocycles. The van der Waals surface area contributed by atoms with E-state index in [9.17, 15) is 14.4 Å². The Morgan fingerprint density at radius 2 is 1.62 bits per heavy atom. The molecular formula is C21H30N4O4. The molecule has 8 nitrogen and oxygen atoms in total. The van der Waals surface area contributed by atoms with Crippen molar-refractivity contribution >= 4 is 23.5 Å². The number of benzene rings is 1. The van der Waals surface area contributed by atoms with Crippen molar-refractivity contribution in [1.29, 1.82) is 0 Å². The van der Waals surface area contributed by atoms with Gasteiger partial charge in [0.05, 0.1) is 18.6 Å². The highest BCUT2D eigenvalue weighted by Crippen LogP contribution is 2.22. The van der Waals surface area contributed by atoms with Crippen LogP contribution < -0.4 is 10.6 Å². The SMILES string of the molecule is COC(=O)c1ccc(N2CCN(C(=O)[C@@H]3CC[C@H](N)CN(C(C)=O)C3)CC2)cc1. The maximum Gasteiger partial charge on any atom is 0.337 e. The molecule has 2 amide bonds. The Morgan fingerprint density at radius 1 is 0.966 bits per heavy atom. The molecule has 2 atom stereocenters. The quantitative estimate of drug-likeness (QED) is 0.748. The molecule has 2 aliphatic rings. The van der Waals surface area contributed by atoms with E-state index in [1.54, 1.807) is 17.0 Å². The first-order valence-corrected chi connectivity index (χ1v) is 10.1. The summed E-state index contributed by atoms with van der Waals surface area (Å²) < 4.78 is 4.73. The molecule has 3 rings (SSSR count). The minimum atomic E-state index is -0.352. The van der Waals surface area contributed by atoms with Gasteiger partial charge in [-0.1, -0.05) is 0 Å². The summed E-state index contributed by atoms with van der Waals surface area (Å²) in [6, 6.07) is 7.25. The second-order valence-electron chi connectivity index (χ2n) is 7.81. The van der Waals surface area contributed by atoms with Crippen LogP contribution in [0.1, 0.15) is 30.1 Å². The summed E-state index contributed by atoms with van der Waals surface area (Å²) in [7, 11) is 1.37. The molecule has 0 spiro atoms. The number of hydrogen-bond acceptors (Lipinski definition) is 6. The maximum absolute atomic E-state index is 13.1. The van der Waals surface area contributed by atoms with Crippen molar-refractivity contribution in [3.8, 4) is 0 Å². The molecule has 0 unspecified atom stereocenters. The van der Waals surface area contributed by atoms with Gasteiger partial charge in [0.25, 0.3) is 0 Å². The van der Waals surface area contributed by atoms with E-state index in [1.807, 2.05) is 17.0 Å². The molecule has 0 bridgehead atoms. The summed E-state index contributed by atoms with van der Waals surface area (Å²) in [4.78, 5) is 42.3. The molecule has 1 aromatic rings. The lowest BCUT2D eigenvalue weighted by molar-refractivity contribution is -0.138. The van der Waals surface area contributed by atoms with Crippen LogP contribution in [0.2, 0.25) is 0 Å². The van der Waals surface area contributed by atoms with Crippen molar-refractivity contribution in [1.82, 2.24) is 9.80 Å². The van der Waals surface area contributed by atoms with E-state index < -0.39 is 0 Å². The van der Waals surface area contributed by atoms with Gasteiger partial charge in [0.2, 0.25) is 11.8 Å². The van der Waals surface area contributed by atoms with Crippen molar-refractivity contribution in [2.75, 3.05) is 51.3 Å². The molecule has 0 aliphatic carbocycles. The first-order chi connectivity index (χ1) is 13.9. The van der Waals surface area contributed by atoms with Gasteiger partial charge in [-0.05, 0) is 37.1 Å². The van der Waals surface area contributed by atoms with Gasteiger partial charge in [0.1, 0.15) is 0 Å². The summed E-state index contributed by atoms with van der Waals surface area (Å²) in [5, 5.41) is 0.